The van der Waals surface area contributed by atoms with Gasteiger partial charge in [0.05, 0.1) is 24.8 Å². The van der Waals surface area contributed by atoms with E-state index in [0.29, 0.717) is 16.9 Å². The summed E-state index contributed by atoms with van der Waals surface area (Å²) in [5.74, 6) is -0.482. The van der Waals surface area contributed by atoms with Gasteiger partial charge >= 0.3 is 0 Å². The smallest absolute Gasteiger partial charge is 0.255 e. The van der Waals surface area contributed by atoms with E-state index in [1.54, 1.807) is 36.4 Å². The summed E-state index contributed by atoms with van der Waals surface area (Å²) in [6, 6.07) is 18.9. The third-order valence-electron chi connectivity index (χ3n) is 4.78. The van der Waals surface area contributed by atoms with Crippen LogP contribution in [0.5, 0.6) is 5.75 Å². The van der Waals surface area contributed by atoms with Crippen LogP contribution in [-0.2, 0) is 21.4 Å². The Morgan fingerprint density at radius 3 is 2.39 bits per heavy atom. The number of methoxy groups -OCH3 is 1. The maximum Gasteiger partial charge on any atom is 0.255 e. The molecule has 0 saturated heterocycles. The van der Waals surface area contributed by atoms with Crippen LogP contribution in [0.2, 0.25) is 0 Å². The van der Waals surface area contributed by atoms with Crippen molar-refractivity contribution < 1.29 is 22.3 Å². The van der Waals surface area contributed by atoms with E-state index in [2.05, 4.69) is 10.5 Å². The first-order valence-electron chi connectivity index (χ1n) is 10.1. The van der Waals surface area contributed by atoms with Crippen molar-refractivity contribution >= 4 is 22.1 Å². The number of carbonyl (C=O) groups excluding carboxylic acids is 1. The van der Waals surface area contributed by atoms with Crippen molar-refractivity contribution in [3.8, 4) is 5.75 Å². The third-order valence-corrected chi connectivity index (χ3v) is 6.59. The molecule has 0 aliphatic carbocycles. The van der Waals surface area contributed by atoms with Gasteiger partial charge in [0.25, 0.3) is 5.91 Å². The number of hydrogen-bond donors (Lipinski definition) is 1. The van der Waals surface area contributed by atoms with Crippen LogP contribution >= 0.6 is 0 Å². The monoisotopic (exact) mass is 469 g/mol. The Hall–Kier alpha value is -3.56. The van der Waals surface area contributed by atoms with E-state index in [4.69, 9.17) is 4.74 Å². The van der Waals surface area contributed by atoms with Crippen LogP contribution < -0.4 is 10.2 Å². The molecule has 0 unspecified atom stereocenters. The van der Waals surface area contributed by atoms with Gasteiger partial charge in [0.1, 0.15) is 11.6 Å². The summed E-state index contributed by atoms with van der Waals surface area (Å²) in [6.45, 7) is 1.26. The Bertz CT molecular complexity index is 1230. The first-order valence-corrected chi connectivity index (χ1v) is 11.5. The molecule has 0 heterocycles. The molecule has 1 amide bonds. The molecule has 3 rings (SSSR count). The first kappa shape index (κ1) is 24.1. The highest BCUT2D eigenvalue weighted by Crippen LogP contribution is 2.19. The minimum atomic E-state index is -4.00. The molecule has 33 heavy (non-hydrogen) atoms. The lowest BCUT2D eigenvalue weighted by molar-refractivity contribution is -0.121. The maximum atomic E-state index is 13.3. The van der Waals surface area contributed by atoms with Gasteiger partial charge in [0.15, 0.2) is 0 Å². The number of para-hydroxylation sites is 1. The Morgan fingerprint density at radius 1 is 1.06 bits per heavy atom. The summed E-state index contributed by atoms with van der Waals surface area (Å²) in [7, 11) is -2.48. The number of sulfonamides is 1. The lowest BCUT2D eigenvalue weighted by atomic mass is 10.2. The molecular weight excluding hydrogens is 445 g/mol. The van der Waals surface area contributed by atoms with Crippen molar-refractivity contribution in [1.82, 2.24) is 9.73 Å². The molecule has 3 aromatic carbocycles. The van der Waals surface area contributed by atoms with E-state index in [-0.39, 0.29) is 11.4 Å². The highest BCUT2D eigenvalue weighted by atomic mass is 32.2. The van der Waals surface area contributed by atoms with Crippen LogP contribution in [0.1, 0.15) is 16.7 Å². The van der Waals surface area contributed by atoms with E-state index in [0.717, 1.165) is 9.87 Å². The zero-order valence-electron chi connectivity index (χ0n) is 18.2. The lowest BCUT2D eigenvalue weighted by Crippen LogP contribution is -2.39. The summed E-state index contributed by atoms with van der Waals surface area (Å²) in [5.41, 5.74) is 4.44. The lowest BCUT2D eigenvalue weighted by Gasteiger charge is -2.21. The normalized spacial score (nSPS) is 11.6. The van der Waals surface area contributed by atoms with Crippen LogP contribution in [0.25, 0.3) is 0 Å². The van der Waals surface area contributed by atoms with Crippen molar-refractivity contribution in [3.63, 3.8) is 0 Å². The van der Waals surface area contributed by atoms with Gasteiger partial charge in [-0.05, 0) is 48.9 Å². The van der Waals surface area contributed by atoms with Crippen LogP contribution in [0.3, 0.4) is 0 Å². The Morgan fingerprint density at radius 2 is 1.73 bits per heavy atom. The van der Waals surface area contributed by atoms with Crippen molar-refractivity contribution in [2.45, 2.75) is 18.4 Å². The maximum absolute atomic E-state index is 13.3. The van der Waals surface area contributed by atoms with Gasteiger partial charge in [0.2, 0.25) is 10.0 Å². The molecule has 1 N–H and O–H groups in total. The van der Waals surface area contributed by atoms with Crippen molar-refractivity contribution in [2.24, 2.45) is 5.10 Å². The standard InChI is InChI=1S/C24H24FN3O4S/c1-18-7-13-22(14-8-18)33(30,31)28(16-19-9-11-21(25)12-10-19)17-24(29)27-26-15-20-5-3-4-6-23(20)32-2/h3-15H,16-17H2,1-2H3,(H,27,29)/b26-15-. The number of carbonyl (C=O) groups is 1. The number of nitrogens with one attached hydrogen (secondary N) is 1. The molecule has 0 aliphatic heterocycles. The molecule has 0 aliphatic rings. The second-order valence-corrected chi connectivity index (χ2v) is 9.19. The highest BCUT2D eigenvalue weighted by Gasteiger charge is 2.27. The predicted molar refractivity (Wildman–Crippen MR) is 124 cm³/mol. The van der Waals surface area contributed by atoms with Gasteiger partial charge in [-0.2, -0.15) is 9.41 Å². The van der Waals surface area contributed by atoms with E-state index in [9.17, 15) is 17.6 Å². The SMILES string of the molecule is COc1ccccc1/C=N\NC(=O)CN(Cc1ccc(F)cc1)S(=O)(=O)c1ccc(C)cc1. The number of aryl methyl sites for hydroxylation is 1. The van der Waals surface area contributed by atoms with Gasteiger partial charge in [-0.1, -0.05) is 42.0 Å². The molecule has 172 valence electrons. The van der Waals surface area contributed by atoms with Crippen LogP contribution in [0.4, 0.5) is 4.39 Å². The largest absolute Gasteiger partial charge is 0.496 e. The summed E-state index contributed by atoms with van der Waals surface area (Å²) in [4.78, 5) is 12.6. The molecular formula is C24H24FN3O4S. The van der Waals surface area contributed by atoms with E-state index < -0.39 is 28.3 Å². The number of hydrogen-bond acceptors (Lipinski definition) is 5. The van der Waals surface area contributed by atoms with Gasteiger partial charge in [0, 0.05) is 12.1 Å². The zero-order valence-corrected chi connectivity index (χ0v) is 19.0. The molecule has 0 fully saturated rings. The number of halogens is 1. The Balaban J connectivity index is 1.79. The molecule has 3 aromatic rings. The number of rotatable bonds is 9. The van der Waals surface area contributed by atoms with Gasteiger partial charge in [-0.3, -0.25) is 4.79 Å². The molecule has 0 radical (unpaired) electrons. The second-order valence-electron chi connectivity index (χ2n) is 7.25. The number of nitrogens with zero attached hydrogens (tertiary/aromatic N) is 2. The van der Waals surface area contributed by atoms with Crippen molar-refractivity contribution in [2.75, 3.05) is 13.7 Å². The quantitative estimate of drug-likeness (QED) is 0.384. The third kappa shape index (κ3) is 6.47. The Labute approximate surface area is 192 Å². The fourth-order valence-corrected chi connectivity index (χ4v) is 4.41. The van der Waals surface area contributed by atoms with Gasteiger partial charge in [-0.15, -0.1) is 0 Å². The van der Waals surface area contributed by atoms with Crippen molar-refractivity contribution in [1.29, 1.82) is 0 Å². The fourth-order valence-electron chi connectivity index (χ4n) is 3.02. The molecule has 0 spiro atoms. The van der Waals surface area contributed by atoms with Crippen LogP contribution in [0.15, 0.2) is 82.8 Å². The number of hydrazone groups is 1. The summed E-state index contributed by atoms with van der Waals surface area (Å²) in [5, 5.41) is 3.91. The average molecular weight is 470 g/mol. The average Bonchev–Trinajstić information content (AvgIpc) is 2.80. The predicted octanol–water partition coefficient (Wildman–Crippen LogP) is 3.48. The van der Waals surface area contributed by atoms with E-state index in [1.165, 1.54) is 49.7 Å². The van der Waals surface area contributed by atoms with Gasteiger partial charge in [-0.25, -0.2) is 18.2 Å². The molecule has 0 saturated carbocycles. The second kappa shape index (κ2) is 10.8. The van der Waals surface area contributed by atoms with E-state index in [1.807, 2.05) is 6.92 Å². The molecule has 0 atom stereocenters. The first-order chi connectivity index (χ1) is 15.8. The zero-order chi connectivity index (χ0) is 23.8. The number of benzene rings is 3. The summed E-state index contributed by atoms with van der Waals surface area (Å²) in [6.07, 6.45) is 1.41. The molecule has 9 heteroatoms. The number of amides is 1. The number of ether oxygens (including phenoxy) is 1. The van der Waals surface area contributed by atoms with Crippen molar-refractivity contribution in [3.05, 3.63) is 95.3 Å². The molecule has 0 aromatic heterocycles. The van der Waals surface area contributed by atoms with Crippen LogP contribution in [-0.4, -0.2) is 38.5 Å². The Kier molecular flexibility index (Phi) is 7.92. The van der Waals surface area contributed by atoms with E-state index >= 15 is 0 Å². The van der Waals surface area contributed by atoms with Crippen LogP contribution in [0, 0.1) is 12.7 Å². The summed E-state index contributed by atoms with van der Waals surface area (Å²) >= 11 is 0. The summed E-state index contributed by atoms with van der Waals surface area (Å²) < 4.78 is 46.0. The molecule has 7 nitrogen and oxygen atoms in total. The minimum Gasteiger partial charge on any atom is -0.496 e. The van der Waals surface area contributed by atoms with Gasteiger partial charge < -0.3 is 4.74 Å². The minimum absolute atomic E-state index is 0.0561. The molecule has 0 bridgehead atoms. The fraction of sp³-hybridized carbons (Fsp3) is 0.167. The topological polar surface area (TPSA) is 88.1 Å². The highest BCUT2D eigenvalue weighted by molar-refractivity contribution is 7.89.